The number of thiophene rings is 1. The van der Waals surface area contributed by atoms with Gasteiger partial charge >= 0.3 is 0 Å². The SMILES string of the molecule is O=C(CSCc1nc2sc3c(c2c(=O)[nH]1)CCCC3)N1CCCCCCC1. The summed E-state index contributed by atoms with van der Waals surface area (Å²) in [6.07, 6.45) is 10.4. The third kappa shape index (κ3) is 4.40. The highest BCUT2D eigenvalue weighted by Crippen LogP contribution is 2.33. The molecule has 0 bridgehead atoms. The lowest BCUT2D eigenvalue weighted by atomic mass is 9.97. The first-order chi connectivity index (χ1) is 13.2. The molecule has 1 fully saturated rings. The van der Waals surface area contributed by atoms with E-state index in [0.717, 1.165) is 55.4 Å². The van der Waals surface area contributed by atoms with Crippen LogP contribution >= 0.6 is 23.1 Å². The predicted octanol–water partition coefficient (Wildman–Crippen LogP) is 3.89. The lowest BCUT2D eigenvalue weighted by Gasteiger charge is -2.24. The molecule has 1 N–H and O–H groups in total. The minimum absolute atomic E-state index is 0.00917. The lowest BCUT2D eigenvalue weighted by Crippen LogP contribution is -2.35. The monoisotopic (exact) mass is 405 g/mol. The Labute approximate surface area is 167 Å². The molecule has 146 valence electrons. The third-order valence-electron chi connectivity index (χ3n) is 5.55. The number of aromatic amines is 1. The quantitative estimate of drug-likeness (QED) is 0.838. The minimum Gasteiger partial charge on any atom is -0.342 e. The highest BCUT2D eigenvalue weighted by Gasteiger charge is 2.20. The fraction of sp³-hybridized carbons (Fsp3) is 0.650. The van der Waals surface area contributed by atoms with E-state index in [1.54, 1.807) is 23.1 Å². The van der Waals surface area contributed by atoms with E-state index in [1.807, 2.05) is 4.90 Å². The van der Waals surface area contributed by atoms with E-state index in [4.69, 9.17) is 4.98 Å². The summed E-state index contributed by atoms with van der Waals surface area (Å²) in [5.41, 5.74) is 1.21. The number of hydrogen-bond donors (Lipinski definition) is 1. The molecule has 7 heteroatoms. The van der Waals surface area contributed by atoms with Crippen LogP contribution in [0, 0.1) is 0 Å². The summed E-state index contributed by atoms with van der Waals surface area (Å²) in [6, 6.07) is 0. The van der Waals surface area contributed by atoms with Gasteiger partial charge in [-0.05, 0) is 44.1 Å². The van der Waals surface area contributed by atoms with E-state index >= 15 is 0 Å². The maximum atomic E-state index is 12.6. The zero-order valence-corrected chi connectivity index (χ0v) is 17.4. The van der Waals surface area contributed by atoms with Crippen molar-refractivity contribution in [3.63, 3.8) is 0 Å². The summed E-state index contributed by atoms with van der Waals surface area (Å²) in [6.45, 7) is 1.78. The lowest BCUT2D eigenvalue weighted by molar-refractivity contribution is -0.128. The summed E-state index contributed by atoms with van der Waals surface area (Å²) in [7, 11) is 0. The Hall–Kier alpha value is -1.34. The summed E-state index contributed by atoms with van der Waals surface area (Å²) >= 11 is 3.23. The van der Waals surface area contributed by atoms with E-state index in [1.165, 1.54) is 36.1 Å². The maximum absolute atomic E-state index is 12.6. The smallest absolute Gasteiger partial charge is 0.259 e. The van der Waals surface area contributed by atoms with Crippen LogP contribution < -0.4 is 5.56 Å². The second-order valence-electron chi connectivity index (χ2n) is 7.55. The summed E-state index contributed by atoms with van der Waals surface area (Å²) in [4.78, 5) is 36.9. The second-order valence-corrected chi connectivity index (χ2v) is 9.61. The number of fused-ring (bicyclic) bond motifs is 3. The van der Waals surface area contributed by atoms with Gasteiger partial charge in [-0.15, -0.1) is 23.1 Å². The molecule has 2 aromatic rings. The van der Waals surface area contributed by atoms with Crippen LogP contribution in [0.5, 0.6) is 0 Å². The number of carbonyl (C=O) groups excluding carboxylic acids is 1. The van der Waals surface area contributed by atoms with Crippen LogP contribution in [0.3, 0.4) is 0 Å². The van der Waals surface area contributed by atoms with Crippen LogP contribution in [0.1, 0.15) is 61.2 Å². The summed E-state index contributed by atoms with van der Waals surface area (Å²) in [5.74, 6) is 1.95. The number of likely N-dealkylation sites (tertiary alicyclic amines) is 1. The molecule has 5 nitrogen and oxygen atoms in total. The van der Waals surface area contributed by atoms with Gasteiger partial charge in [-0.1, -0.05) is 19.3 Å². The highest BCUT2D eigenvalue weighted by atomic mass is 32.2. The molecular weight excluding hydrogens is 378 g/mol. The number of amides is 1. The van der Waals surface area contributed by atoms with Gasteiger partial charge in [-0.2, -0.15) is 0 Å². The molecule has 3 heterocycles. The van der Waals surface area contributed by atoms with Gasteiger partial charge < -0.3 is 9.88 Å². The Bertz CT molecular complexity index is 866. The van der Waals surface area contributed by atoms with E-state index in [2.05, 4.69) is 4.98 Å². The van der Waals surface area contributed by atoms with E-state index in [0.29, 0.717) is 17.3 Å². The van der Waals surface area contributed by atoms with E-state index < -0.39 is 0 Å². The van der Waals surface area contributed by atoms with Crippen molar-refractivity contribution in [2.24, 2.45) is 0 Å². The Kier molecular flexibility index (Phi) is 6.18. The van der Waals surface area contributed by atoms with Crippen LogP contribution in [-0.2, 0) is 23.4 Å². The number of nitrogens with one attached hydrogen (secondary N) is 1. The van der Waals surface area contributed by atoms with Crippen LogP contribution in [0.4, 0.5) is 0 Å². The van der Waals surface area contributed by atoms with Crippen molar-refractivity contribution in [3.05, 3.63) is 26.6 Å². The topological polar surface area (TPSA) is 66.1 Å². The van der Waals surface area contributed by atoms with Crippen molar-refractivity contribution in [2.45, 2.75) is 63.5 Å². The number of carbonyl (C=O) groups is 1. The average molecular weight is 406 g/mol. The van der Waals surface area contributed by atoms with Crippen LogP contribution in [0.15, 0.2) is 4.79 Å². The number of H-pyrrole nitrogens is 1. The van der Waals surface area contributed by atoms with Gasteiger partial charge in [0.1, 0.15) is 10.7 Å². The van der Waals surface area contributed by atoms with Crippen LogP contribution in [0.2, 0.25) is 0 Å². The average Bonchev–Trinajstić information content (AvgIpc) is 3.00. The second kappa shape index (κ2) is 8.78. The number of rotatable bonds is 4. The standard InChI is InChI=1S/C20H27N3O2S2/c24-17(23-10-6-2-1-3-7-11-23)13-26-12-16-21-19(25)18-14-8-4-5-9-15(14)27-20(18)22-16/h1-13H2,(H,21,22,25). The molecule has 2 aliphatic rings. The zero-order valence-electron chi connectivity index (χ0n) is 15.7. The summed E-state index contributed by atoms with van der Waals surface area (Å²) < 4.78 is 0. The molecule has 0 atom stereocenters. The number of nitrogens with zero attached hydrogens (tertiary/aromatic N) is 2. The van der Waals surface area contributed by atoms with Gasteiger partial charge in [0.05, 0.1) is 16.9 Å². The molecule has 0 radical (unpaired) electrons. The van der Waals surface area contributed by atoms with Crippen molar-refractivity contribution >= 4 is 39.2 Å². The zero-order chi connectivity index (χ0) is 18.6. The minimum atomic E-state index is -0.00917. The molecule has 0 unspecified atom stereocenters. The summed E-state index contributed by atoms with van der Waals surface area (Å²) in [5, 5.41) is 0.806. The van der Waals surface area contributed by atoms with E-state index in [9.17, 15) is 9.59 Å². The molecule has 1 saturated heterocycles. The van der Waals surface area contributed by atoms with Gasteiger partial charge in [0, 0.05) is 18.0 Å². The molecule has 1 aliphatic carbocycles. The Balaban J connectivity index is 1.39. The van der Waals surface area contributed by atoms with Crippen molar-refractivity contribution in [1.29, 1.82) is 0 Å². The number of aromatic nitrogens is 2. The molecular formula is C20H27N3O2S2. The van der Waals surface area contributed by atoms with Gasteiger partial charge in [-0.3, -0.25) is 9.59 Å². The largest absolute Gasteiger partial charge is 0.342 e. The van der Waals surface area contributed by atoms with E-state index in [-0.39, 0.29) is 11.5 Å². The van der Waals surface area contributed by atoms with Crippen molar-refractivity contribution in [2.75, 3.05) is 18.8 Å². The fourth-order valence-electron chi connectivity index (χ4n) is 4.10. The fourth-order valence-corrected chi connectivity index (χ4v) is 6.17. The predicted molar refractivity (Wildman–Crippen MR) is 113 cm³/mol. The highest BCUT2D eigenvalue weighted by molar-refractivity contribution is 7.99. The van der Waals surface area contributed by atoms with Crippen LogP contribution in [0.25, 0.3) is 10.2 Å². The first kappa shape index (κ1) is 19.0. The molecule has 4 rings (SSSR count). The van der Waals surface area contributed by atoms with Gasteiger partial charge in [0.15, 0.2) is 0 Å². The molecule has 0 aromatic carbocycles. The maximum Gasteiger partial charge on any atom is 0.259 e. The first-order valence-corrected chi connectivity index (χ1v) is 12.1. The number of thioether (sulfide) groups is 1. The molecule has 0 saturated carbocycles. The Morgan fingerprint density at radius 3 is 2.63 bits per heavy atom. The first-order valence-electron chi connectivity index (χ1n) is 10.1. The molecule has 1 aliphatic heterocycles. The third-order valence-corrected chi connectivity index (χ3v) is 7.66. The van der Waals surface area contributed by atoms with Crippen molar-refractivity contribution in [1.82, 2.24) is 14.9 Å². The van der Waals surface area contributed by atoms with Gasteiger partial charge in [-0.25, -0.2) is 4.98 Å². The molecule has 2 aromatic heterocycles. The van der Waals surface area contributed by atoms with Crippen molar-refractivity contribution in [3.8, 4) is 0 Å². The van der Waals surface area contributed by atoms with Gasteiger partial charge in [0.25, 0.3) is 5.56 Å². The Morgan fingerprint density at radius 2 is 1.81 bits per heavy atom. The van der Waals surface area contributed by atoms with Gasteiger partial charge in [0.2, 0.25) is 5.91 Å². The molecule has 27 heavy (non-hydrogen) atoms. The van der Waals surface area contributed by atoms with Crippen molar-refractivity contribution < 1.29 is 4.79 Å². The molecule has 0 spiro atoms. The normalized spacial score (nSPS) is 18.1. The number of hydrogen-bond acceptors (Lipinski definition) is 5. The number of aryl methyl sites for hydroxylation is 2. The Morgan fingerprint density at radius 1 is 1.07 bits per heavy atom. The molecule has 1 amide bonds. The van der Waals surface area contributed by atoms with Crippen LogP contribution in [-0.4, -0.2) is 39.6 Å².